The number of carbonyl (C=O) groups excluding carboxylic acids is 3. The number of nitrogens with one attached hydrogen (secondary N) is 1. The van der Waals surface area contributed by atoms with Crippen molar-refractivity contribution in [3.63, 3.8) is 0 Å². The molecule has 0 spiro atoms. The molecule has 0 aliphatic carbocycles. The molecule has 6 heteroatoms. The number of ketones is 2. The Morgan fingerprint density at radius 3 is 2.29 bits per heavy atom. The predicted octanol–water partition coefficient (Wildman–Crippen LogP) is 3.57. The van der Waals surface area contributed by atoms with E-state index < -0.39 is 5.97 Å². The number of aromatic amines is 1. The van der Waals surface area contributed by atoms with Gasteiger partial charge < -0.3 is 9.72 Å². The minimum Gasteiger partial charge on any atom is -0.457 e. The van der Waals surface area contributed by atoms with E-state index in [0.717, 1.165) is 10.0 Å². The van der Waals surface area contributed by atoms with E-state index in [2.05, 4.69) is 20.9 Å². The Morgan fingerprint density at radius 1 is 1.12 bits per heavy atom. The van der Waals surface area contributed by atoms with Gasteiger partial charge in [-0.3, -0.25) is 14.4 Å². The lowest BCUT2D eigenvalue weighted by Gasteiger charge is -2.05. The summed E-state index contributed by atoms with van der Waals surface area (Å²) in [6.07, 6.45) is 0.0992. The molecule has 0 radical (unpaired) electrons. The smallest absolute Gasteiger partial charge is 0.310 e. The second-order valence-electron chi connectivity index (χ2n) is 5.57. The van der Waals surface area contributed by atoms with Crippen LogP contribution in [-0.2, 0) is 16.0 Å². The zero-order valence-electron chi connectivity index (χ0n) is 13.7. The number of rotatable bonds is 6. The number of carbonyl (C=O) groups is 3. The number of hydrogen-bond acceptors (Lipinski definition) is 4. The van der Waals surface area contributed by atoms with Crippen molar-refractivity contribution in [2.24, 2.45) is 0 Å². The van der Waals surface area contributed by atoms with Crippen molar-refractivity contribution in [1.29, 1.82) is 0 Å². The summed E-state index contributed by atoms with van der Waals surface area (Å²) < 4.78 is 5.98. The first-order valence-electron chi connectivity index (χ1n) is 7.43. The zero-order valence-corrected chi connectivity index (χ0v) is 15.3. The summed E-state index contributed by atoms with van der Waals surface area (Å²) in [7, 11) is 0. The number of aromatic nitrogens is 1. The molecule has 126 valence electrons. The van der Waals surface area contributed by atoms with Crippen LogP contribution in [0.25, 0.3) is 0 Å². The summed E-state index contributed by atoms with van der Waals surface area (Å²) in [4.78, 5) is 38.6. The third kappa shape index (κ3) is 4.20. The molecule has 0 saturated heterocycles. The van der Waals surface area contributed by atoms with Crippen molar-refractivity contribution in [3.05, 3.63) is 56.8 Å². The number of benzene rings is 1. The number of aryl methyl sites for hydroxylation is 1. The van der Waals surface area contributed by atoms with Crippen molar-refractivity contribution in [1.82, 2.24) is 4.98 Å². The van der Waals surface area contributed by atoms with Crippen molar-refractivity contribution < 1.29 is 19.1 Å². The molecule has 0 amide bonds. The van der Waals surface area contributed by atoms with Crippen LogP contribution in [0.3, 0.4) is 0 Å². The Bertz CT molecular complexity index is 790. The summed E-state index contributed by atoms with van der Waals surface area (Å²) in [5.41, 5.74) is 2.87. The molecule has 2 rings (SSSR count). The SMILES string of the molecule is CC(=O)c1c(C)[nH]c(C(=O)COC(=O)Cc2ccc(Br)cc2)c1C. The molecule has 0 fully saturated rings. The number of Topliss-reactive ketones (excluding diaryl/α,β-unsaturated/α-hetero) is 2. The molecule has 2 aromatic rings. The molecular formula is C18H18BrNO4. The fraction of sp³-hybridized carbons (Fsp3) is 0.278. The molecule has 1 aromatic carbocycles. The van der Waals surface area contributed by atoms with Gasteiger partial charge >= 0.3 is 5.97 Å². The third-order valence-electron chi connectivity index (χ3n) is 3.69. The monoisotopic (exact) mass is 391 g/mol. The summed E-state index contributed by atoms with van der Waals surface area (Å²) in [6, 6.07) is 7.29. The van der Waals surface area contributed by atoms with E-state index in [1.165, 1.54) is 6.92 Å². The van der Waals surface area contributed by atoms with Gasteiger partial charge in [0.05, 0.1) is 12.1 Å². The van der Waals surface area contributed by atoms with E-state index in [1.807, 2.05) is 24.3 Å². The highest BCUT2D eigenvalue weighted by Gasteiger charge is 2.20. The lowest BCUT2D eigenvalue weighted by atomic mass is 10.1. The largest absolute Gasteiger partial charge is 0.457 e. The molecule has 0 atom stereocenters. The second kappa shape index (κ2) is 7.57. The van der Waals surface area contributed by atoms with E-state index in [-0.39, 0.29) is 24.6 Å². The first-order chi connectivity index (χ1) is 11.3. The fourth-order valence-corrected chi connectivity index (χ4v) is 2.86. The number of esters is 1. The number of H-pyrrole nitrogens is 1. The van der Waals surface area contributed by atoms with Crippen molar-refractivity contribution in [2.75, 3.05) is 6.61 Å². The highest BCUT2D eigenvalue weighted by molar-refractivity contribution is 9.10. The first-order valence-corrected chi connectivity index (χ1v) is 8.22. The summed E-state index contributed by atoms with van der Waals surface area (Å²) in [6.45, 7) is 4.54. The van der Waals surface area contributed by atoms with Gasteiger partial charge in [-0.2, -0.15) is 0 Å². The van der Waals surface area contributed by atoms with Gasteiger partial charge in [0.2, 0.25) is 5.78 Å². The topological polar surface area (TPSA) is 76.2 Å². The quantitative estimate of drug-likeness (QED) is 0.603. The minimum atomic E-state index is -0.474. The maximum atomic E-state index is 12.2. The third-order valence-corrected chi connectivity index (χ3v) is 4.22. The number of hydrogen-bond donors (Lipinski definition) is 1. The maximum Gasteiger partial charge on any atom is 0.310 e. The molecule has 1 aromatic heterocycles. The summed E-state index contributed by atoms with van der Waals surface area (Å²) in [5.74, 6) is -0.932. The van der Waals surface area contributed by atoms with E-state index in [0.29, 0.717) is 22.5 Å². The van der Waals surface area contributed by atoms with Gasteiger partial charge in [0.25, 0.3) is 0 Å². The van der Waals surface area contributed by atoms with Crippen molar-refractivity contribution in [2.45, 2.75) is 27.2 Å². The van der Waals surface area contributed by atoms with Crippen LogP contribution in [0.5, 0.6) is 0 Å². The fourth-order valence-electron chi connectivity index (χ4n) is 2.60. The van der Waals surface area contributed by atoms with E-state index in [1.54, 1.807) is 13.8 Å². The van der Waals surface area contributed by atoms with Crippen molar-refractivity contribution >= 4 is 33.5 Å². The van der Waals surface area contributed by atoms with Crippen LogP contribution >= 0.6 is 15.9 Å². The van der Waals surface area contributed by atoms with Gasteiger partial charge in [-0.05, 0) is 44.0 Å². The Balaban J connectivity index is 1.98. The molecule has 1 N–H and O–H groups in total. The van der Waals surface area contributed by atoms with Gasteiger partial charge in [-0.15, -0.1) is 0 Å². The van der Waals surface area contributed by atoms with Gasteiger partial charge in [0.1, 0.15) is 0 Å². The molecule has 0 bridgehead atoms. The molecule has 0 saturated carbocycles. The molecule has 24 heavy (non-hydrogen) atoms. The number of halogens is 1. The average Bonchev–Trinajstić information content (AvgIpc) is 2.82. The minimum absolute atomic E-state index is 0.0992. The Morgan fingerprint density at radius 2 is 1.75 bits per heavy atom. The van der Waals surface area contributed by atoms with Gasteiger partial charge in [0, 0.05) is 15.7 Å². The molecule has 1 heterocycles. The van der Waals surface area contributed by atoms with Crippen LogP contribution in [-0.4, -0.2) is 29.1 Å². The van der Waals surface area contributed by atoms with Crippen LogP contribution in [0.1, 0.15) is 44.6 Å². The first kappa shape index (κ1) is 18.1. The van der Waals surface area contributed by atoms with E-state index in [4.69, 9.17) is 4.74 Å². The Hall–Kier alpha value is -2.21. The van der Waals surface area contributed by atoms with Crippen LogP contribution in [0.15, 0.2) is 28.7 Å². The normalized spacial score (nSPS) is 10.5. The summed E-state index contributed by atoms with van der Waals surface area (Å²) >= 11 is 3.32. The average molecular weight is 392 g/mol. The van der Waals surface area contributed by atoms with Gasteiger partial charge in [0.15, 0.2) is 12.4 Å². The molecule has 5 nitrogen and oxygen atoms in total. The Labute approximate surface area is 148 Å². The number of ether oxygens (including phenoxy) is 1. The maximum absolute atomic E-state index is 12.2. The van der Waals surface area contributed by atoms with Crippen LogP contribution in [0.4, 0.5) is 0 Å². The standard InChI is InChI=1S/C18H18BrNO4/c1-10-17(12(3)21)11(2)20-18(10)15(22)9-24-16(23)8-13-4-6-14(19)7-5-13/h4-7,20H,8-9H2,1-3H3. The van der Waals surface area contributed by atoms with E-state index >= 15 is 0 Å². The van der Waals surface area contributed by atoms with Crippen molar-refractivity contribution in [3.8, 4) is 0 Å². The molecule has 0 aliphatic rings. The van der Waals surface area contributed by atoms with Crippen LogP contribution < -0.4 is 0 Å². The highest BCUT2D eigenvalue weighted by Crippen LogP contribution is 2.19. The summed E-state index contributed by atoms with van der Waals surface area (Å²) in [5, 5.41) is 0. The lowest BCUT2D eigenvalue weighted by Crippen LogP contribution is -2.16. The molecular weight excluding hydrogens is 374 g/mol. The Kier molecular flexibility index (Phi) is 5.72. The molecule has 0 unspecified atom stereocenters. The van der Waals surface area contributed by atoms with Gasteiger partial charge in [-0.1, -0.05) is 28.1 Å². The lowest BCUT2D eigenvalue weighted by molar-refractivity contribution is -0.141. The van der Waals surface area contributed by atoms with E-state index in [9.17, 15) is 14.4 Å². The van der Waals surface area contributed by atoms with Gasteiger partial charge in [-0.25, -0.2) is 0 Å². The predicted molar refractivity (Wildman–Crippen MR) is 93.4 cm³/mol. The molecule has 0 aliphatic heterocycles. The second-order valence-corrected chi connectivity index (χ2v) is 6.48. The van der Waals surface area contributed by atoms with Crippen LogP contribution in [0, 0.1) is 13.8 Å². The van der Waals surface area contributed by atoms with Crippen LogP contribution in [0.2, 0.25) is 0 Å². The zero-order chi connectivity index (χ0) is 17.9. The highest BCUT2D eigenvalue weighted by atomic mass is 79.9.